The molecule has 2 aliphatic rings. The molecule has 1 fully saturated rings. The third-order valence-corrected chi connectivity index (χ3v) is 5.97. The average molecular weight is 399 g/mol. The lowest BCUT2D eigenvalue weighted by atomic mass is 9.90. The van der Waals surface area contributed by atoms with Crippen molar-refractivity contribution in [2.75, 3.05) is 0 Å². The van der Waals surface area contributed by atoms with E-state index >= 15 is 0 Å². The summed E-state index contributed by atoms with van der Waals surface area (Å²) in [6, 6.07) is 3.68. The van der Waals surface area contributed by atoms with Gasteiger partial charge in [0, 0.05) is 18.3 Å². The van der Waals surface area contributed by atoms with E-state index in [4.69, 9.17) is 4.42 Å². The highest BCUT2D eigenvalue weighted by molar-refractivity contribution is 6.06. The Morgan fingerprint density at radius 2 is 2.07 bits per heavy atom. The number of carbonyl (C=O) groups is 3. The third kappa shape index (κ3) is 4.83. The minimum absolute atomic E-state index is 0.149. The molecule has 156 valence electrons. The molecule has 3 amide bonds. The van der Waals surface area contributed by atoms with Crippen LogP contribution < -0.4 is 5.32 Å². The average Bonchev–Trinajstić information content (AvgIpc) is 3.25. The van der Waals surface area contributed by atoms with Crippen molar-refractivity contribution in [3.05, 3.63) is 36.3 Å². The predicted molar refractivity (Wildman–Crippen MR) is 109 cm³/mol. The molecule has 0 aromatic carbocycles. The van der Waals surface area contributed by atoms with Gasteiger partial charge >= 0.3 is 0 Å². The van der Waals surface area contributed by atoms with Crippen LogP contribution in [0.5, 0.6) is 0 Å². The first-order valence-corrected chi connectivity index (χ1v) is 10.3. The quantitative estimate of drug-likeness (QED) is 0.763. The zero-order valence-corrected chi connectivity index (χ0v) is 17.1. The lowest BCUT2D eigenvalue weighted by Crippen LogP contribution is -2.61. The van der Waals surface area contributed by atoms with Crippen molar-refractivity contribution in [1.82, 2.24) is 10.2 Å². The Bertz CT molecular complexity index is 777. The Balaban J connectivity index is 1.85. The van der Waals surface area contributed by atoms with Crippen molar-refractivity contribution in [3.63, 3.8) is 0 Å². The molecule has 2 heterocycles. The number of hydrogen-bond acceptors (Lipinski definition) is 4. The van der Waals surface area contributed by atoms with E-state index in [1.807, 2.05) is 6.92 Å². The molecule has 7 nitrogen and oxygen atoms in total. The van der Waals surface area contributed by atoms with E-state index < -0.39 is 11.5 Å². The number of rotatable bonds is 7. The van der Waals surface area contributed by atoms with Crippen LogP contribution in [-0.2, 0) is 20.9 Å². The maximum Gasteiger partial charge on any atom is 0.269 e. The third-order valence-electron chi connectivity index (χ3n) is 5.97. The molecule has 1 aliphatic heterocycles. The molecule has 1 N–H and O–H groups in total. The number of amides is 3. The van der Waals surface area contributed by atoms with E-state index in [-0.39, 0.29) is 30.3 Å². The van der Waals surface area contributed by atoms with Crippen molar-refractivity contribution in [2.24, 2.45) is 10.9 Å². The van der Waals surface area contributed by atoms with Crippen molar-refractivity contribution in [3.8, 4) is 0 Å². The number of nitrogens with zero attached hydrogens (tertiary/aromatic N) is 2. The van der Waals surface area contributed by atoms with Crippen LogP contribution in [0.15, 0.2) is 40.0 Å². The van der Waals surface area contributed by atoms with E-state index in [1.54, 1.807) is 30.2 Å². The van der Waals surface area contributed by atoms with Gasteiger partial charge in [-0.05, 0) is 38.3 Å². The Kier molecular flexibility index (Phi) is 6.67. The minimum Gasteiger partial charge on any atom is -0.467 e. The Morgan fingerprint density at radius 1 is 1.31 bits per heavy atom. The van der Waals surface area contributed by atoms with E-state index in [0.29, 0.717) is 12.2 Å². The summed E-state index contributed by atoms with van der Waals surface area (Å²) in [5.74, 6) is -0.913. The van der Waals surface area contributed by atoms with Crippen LogP contribution in [0.3, 0.4) is 0 Å². The zero-order valence-electron chi connectivity index (χ0n) is 17.1. The molecule has 29 heavy (non-hydrogen) atoms. The normalized spacial score (nSPS) is 21.6. The van der Waals surface area contributed by atoms with Crippen molar-refractivity contribution < 1.29 is 18.8 Å². The molecule has 2 atom stereocenters. The number of dihydropyridines is 1. The summed E-state index contributed by atoms with van der Waals surface area (Å²) in [4.78, 5) is 43.4. The fourth-order valence-electron chi connectivity index (χ4n) is 3.87. The first kappa shape index (κ1) is 21.0. The lowest BCUT2D eigenvalue weighted by Gasteiger charge is -2.41. The molecule has 1 saturated carbocycles. The van der Waals surface area contributed by atoms with Crippen LogP contribution in [0.4, 0.5) is 0 Å². The first-order chi connectivity index (χ1) is 13.9. The number of nitrogens with one attached hydrogen (secondary N) is 1. The molecule has 1 aromatic rings. The number of furan rings is 1. The van der Waals surface area contributed by atoms with Crippen molar-refractivity contribution in [2.45, 2.75) is 70.5 Å². The van der Waals surface area contributed by atoms with Gasteiger partial charge in [0.15, 0.2) is 0 Å². The number of hydrogen-bond donors (Lipinski definition) is 1. The maximum absolute atomic E-state index is 13.4. The smallest absolute Gasteiger partial charge is 0.269 e. The molecule has 0 bridgehead atoms. The summed E-state index contributed by atoms with van der Waals surface area (Å²) in [5, 5.41) is 3.17. The molecule has 1 aromatic heterocycles. The molecule has 7 heteroatoms. The van der Waals surface area contributed by atoms with Gasteiger partial charge in [0.05, 0.1) is 18.7 Å². The summed E-state index contributed by atoms with van der Waals surface area (Å²) >= 11 is 0. The van der Waals surface area contributed by atoms with Crippen LogP contribution in [-0.4, -0.2) is 40.4 Å². The van der Waals surface area contributed by atoms with Gasteiger partial charge in [-0.15, -0.1) is 0 Å². The minimum atomic E-state index is -1.05. The van der Waals surface area contributed by atoms with Crippen LogP contribution in [0.25, 0.3) is 0 Å². The Labute approximate surface area is 171 Å². The fraction of sp³-hybridized carbons (Fsp3) is 0.545. The number of aliphatic imine (C=N–C) groups is 1. The lowest BCUT2D eigenvalue weighted by molar-refractivity contribution is -0.149. The van der Waals surface area contributed by atoms with Gasteiger partial charge in [0.1, 0.15) is 11.3 Å². The van der Waals surface area contributed by atoms with Gasteiger partial charge in [-0.3, -0.25) is 14.4 Å². The van der Waals surface area contributed by atoms with Gasteiger partial charge in [-0.1, -0.05) is 32.3 Å². The summed E-state index contributed by atoms with van der Waals surface area (Å²) in [5.41, 5.74) is -1.05. The van der Waals surface area contributed by atoms with Gasteiger partial charge < -0.3 is 14.6 Å². The highest BCUT2D eigenvalue weighted by Gasteiger charge is 2.43. The van der Waals surface area contributed by atoms with Gasteiger partial charge in [0.25, 0.3) is 5.91 Å². The Hall–Kier alpha value is -2.70. The number of carbonyl (C=O) groups excluding carboxylic acids is 3. The molecule has 0 spiro atoms. The van der Waals surface area contributed by atoms with Gasteiger partial charge in [0.2, 0.25) is 11.8 Å². The van der Waals surface area contributed by atoms with Crippen molar-refractivity contribution >= 4 is 23.9 Å². The second-order valence-corrected chi connectivity index (χ2v) is 7.94. The van der Waals surface area contributed by atoms with Crippen LogP contribution in [0, 0.1) is 5.92 Å². The monoisotopic (exact) mass is 399 g/mol. The standard InChI is InChI=1S/C22H29N3O4/c1-3-22(2,21(28)24-17-8-5-4-6-9-17)25(15-18-10-7-13-29-18)20(27)16-11-12-19(26)23-14-16/h7,10-14,16-17H,3-6,8-9,15H2,1-2H3,(H,24,28). The van der Waals surface area contributed by atoms with E-state index in [2.05, 4.69) is 10.3 Å². The van der Waals surface area contributed by atoms with Crippen LogP contribution >= 0.6 is 0 Å². The van der Waals surface area contributed by atoms with Crippen molar-refractivity contribution in [1.29, 1.82) is 0 Å². The summed E-state index contributed by atoms with van der Waals surface area (Å²) in [7, 11) is 0. The summed E-state index contributed by atoms with van der Waals surface area (Å²) < 4.78 is 5.46. The second-order valence-electron chi connectivity index (χ2n) is 7.94. The largest absolute Gasteiger partial charge is 0.467 e. The van der Waals surface area contributed by atoms with Gasteiger partial charge in [-0.25, -0.2) is 4.99 Å². The summed E-state index contributed by atoms with van der Waals surface area (Å²) in [6.07, 6.45) is 11.5. The van der Waals surface area contributed by atoms with Crippen LogP contribution in [0.2, 0.25) is 0 Å². The molecule has 3 rings (SSSR count). The first-order valence-electron chi connectivity index (χ1n) is 10.3. The van der Waals surface area contributed by atoms with Crippen LogP contribution in [0.1, 0.15) is 58.1 Å². The second kappa shape index (κ2) is 9.20. The molecule has 0 radical (unpaired) electrons. The predicted octanol–water partition coefficient (Wildman–Crippen LogP) is 3.01. The summed E-state index contributed by atoms with van der Waals surface area (Å²) in [6.45, 7) is 3.86. The van der Waals surface area contributed by atoms with E-state index in [1.165, 1.54) is 24.8 Å². The highest BCUT2D eigenvalue weighted by Crippen LogP contribution is 2.27. The van der Waals surface area contributed by atoms with E-state index in [0.717, 1.165) is 25.7 Å². The topological polar surface area (TPSA) is 92.0 Å². The molecular weight excluding hydrogens is 370 g/mol. The molecule has 2 unspecified atom stereocenters. The zero-order chi connectivity index (χ0) is 20.9. The molecule has 1 aliphatic carbocycles. The maximum atomic E-state index is 13.4. The SMILES string of the molecule is CCC(C)(C(=O)NC1CCCCC1)N(Cc1ccco1)C(=O)C1C=CC(=O)N=C1. The van der Waals surface area contributed by atoms with Gasteiger partial charge in [-0.2, -0.15) is 0 Å². The molecule has 0 saturated heterocycles. The highest BCUT2D eigenvalue weighted by atomic mass is 16.3. The Morgan fingerprint density at radius 3 is 2.66 bits per heavy atom. The fourth-order valence-corrected chi connectivity index (χ4v) is 3.87. The van der Waals surface area contributed by atoms with E-state index in [9.17, 15) is 14.4 Å². The molecular formula is C22H29N3O4.